The van der Waals surface area contributed by atoms with E-state index in [0.717, 1.165) is 0 Å². The fourth-order valence-electron chi connectivity index (χ4n) is 0. The van der Waals surface area contributed by atoms with Gasteiger partial charge in [0.25, 0.3) is 0 Å². The Morgan fingerprint density at radius 2 is 1.86 bits per heavy atom. The number of alkyl halides is 2. The molecule has 0 aromatic carbocycles. The van der Waals surface area contributed by atoms with Crippen molar-refractivity contribution in [2.24, 2.45) is 0 Å². The summed E-state index contributed by atoms with van der Waals surface area (Å²) in [5.41, 5.74) is 0. The summed E-state index contributed by atoms with van der Waals surface area (Å²) in [5, 5.41) is 8.05. The lowest BCUT2D eigenvalue weighted by Gasteiger charge is -2.16. The molecule has 0 spiro atoms. The highest BCUT2D eigenvalue weighted by atomic mass is 79.9. The smallest absolute Gasteiger partial charge is 0.127 e. The zero-order valence-corrected chi connectivity index (χ0v) is 6.62. The first-order valence-corrected chi connectivity index (χ1v) is 3.25. The van der Waals surface area contributed by atoms with Crippen LogP contribution in [0.1, 0.15) is 13.8 Å². The van der Waals surface area contributed by atoms with Crippen LogP contribution in [0.3, 0.4) is 0 Å². The number of rotatable bonds is 1. The quantitative estimate of drug-likeness (QED) is 0.620. The highest BCUT2D eigenvalue weighted by molar-refractivity contribution is 9.09. The molecule has 0 rings (SSSR count). The van der Waals surface area contributed by atoms with Crippen molar-refractivity contribution in [1.29, 1.82) is 0 Å². The summed E-state index contributed by atoms with van der Waals surface area (Å²) in [6.07, 6.45) is 0. The van der Waals surface area contributed by atoms with Gasteiger partial charge in [0.2, 0.25) is 0 Å². The van der Waals surface area contributed by atoms with Gasteiger partial charge < -0.3 is 5.11 Å². The van der Waals surface area contributed by atoms with E-state index in [1.165, 1.54) is 0 Å². The lowest BCUT2D eigenvalue weighted by molar-refractivity contribution is 0.232. The van der Waals surface area contributed by atoms with Crippen LogP contribution in [0.25, 0.3) is 0 Å². The van der Waals surface area contributed by atoms with Crippen molar-refractivity contribution >= 4 is 27.5 Å². The Morgan fingerprint density at radius 3 is 1.86 bits per heavy atom. The molecule has 0 bridgehead atoms. The first-order valence-electron chi connectivity index (χ1n) is 1.95. The van der Waals surface area contributed by atoms with Crippen molar-refractivity contribution in [2.75, 3.05) is 0 Å². The van der Waals surface area contributed by atoms with Crippen molar-refractivity contribution < 1.29 is 5.11 Å². The average molecular weight is 187 g/mol. The second-order valence-electron chi connectivity index (χ2n) is 1.90. The molecule has 1 atom stereocenters. The van der Waals surface area contributed by atoms with Gasteiger partial charge >= 0.3 is 0 Å². The molecule has 3 heteroatoms. The van der Waals surface area contributed by atoms with E-state index in [1.54, 1.807) is 13.8 Å². The number of aliphatic hydroxyl groups is 1. The first-order chi connectivity index (χ1) is 2.94. The van der Waals surface area contributed by atoms with Gasteiger partial charge in [0, 0.05) is 0 Å². The zero-order valence-electron chi connectivity index (χ0n) is 4.28. The summed E-state index contributed by atoms with van der Waals surface area (Å²) in [4.78, 5) is -0.556. The number of hydrogen-bond donors (Lipinski definition) is 1. The van der Waals surface area contributed by atoms with Crippen LogP contribution in [0.4, 0.5) is 0 Å². The molecule has 0 aliphatic carbocycles. The molecule has 1 N–H and O–H groups in total. The van der Waals surface area contributed by atoms with Crippen LogP contribution < -0.4 is 0 Å². The summed E-state index contributed by atoms with van der Waals surface area (Å²) < 4.78 is 0. The third kappa shape index (κ3) is 3.32. The minimum absolute atomic E-state index is 0.556. The van der Waals surface area contributed by atoms with Crippen LogP contribution in [0.5, 0.6) is 0 Å². The molecule has 0 saturated heterocycles. The van der Waals surface area contributed by atoms with Crippen LogP contribution >= 0.6 is 27.5 Å². The van der Waals surface area contributed by atoms with Crippen LogP contribution in [0.15, 0.2) is 0 Å². The molecule has 0 saturated carbocycles. The summed E-state index contributed by atoms with van der Waals surface area (Å²) in [6, 6.07) is 0. The summed E-state index contributed by atoms with van der Waals surface area (Å²) in [7, 11) is 0. The monoisotopic (exact) mass is 186 g/mol. The van der Waals surface area contributed by atoms with Crippen molar-refractivity contribution in [3.05, 3.63) is 0 Å². The summed E-state index contributed by atoms with van der Waals surface area (Å²) in [5.74, 6) is 0. The molecule has 0 aromatic rings. The number of halogens is 2. The van der Waals surface area contributed by atoms with E-state index in [2.05, 4.69) is 15.9 Å². The Labute approximate surface area is 56.8 Å². The Kier molecular flexibility index (Phi) is 2.58. The first kappa shape index (κ1) is 7.73. The van der Waals surface area contributed by atoms with Gasteiger partial charge in [-0.1, -0.05) is 15.9 Å². The van der Waals surface area contributed by atoms with Crippen LogP contribution in [0, 0.1) is 0 Å². The predicted octanol–water partition coefficient (Wildman–Crippen LogP) is 1.72. The lowest BCUT2D eigenvalue weighted by Crippen LogP contribution is -2.23. The molecule has 0 aliphatic heterocycles. The highest BCUT2D eigenvalue weighted by Gasteiger charge is 2.20. The molecule has 1 nitrogen and oxygen atoms in total. The summed E-state index contributed by atoms with van der Waals surface area (Å²) in [6.45, 7) is 3.46. The number of aliphatic hydroxyl groups excluding tert-OH is 1. The average Bonchev–Trinajstić information content (AvgIpc) is 1.31. The SMILES string of the molecule is CC(C)(Cl)C(O)Br. The molecule has 44 valence electrons. The largest absolute Gasteiger partial charge is 0.380 e. The topological polar surface area (TPSA) is 20.2 Å². The molecule has 0 aromatic heterocycles. The van der Waals surface area contributed by atoms with Gasteiger partial charge in [-0.3, -0.25) is 0 Å². The highest BCUT2D eigenvalue weighted by Crippen LogP contribution is 2.21. The maximum Gasteiger partial charge on any atom is 0.127 e. The van der Waals surface area contributed by atoms with Crippen LogP contribution in [0.2, 0.25) is 0 Å². The maximum absolute atomic E-state index is 8.67. The predicted molar refractivity (Wildman–Crippen MR) is 34.9 cm³/mol. The van der Waals surface area contributed by atoms with E-state index in [1.807, 2.05) is 0 Å². The van der Waals surface area contributed by atoms with Crippen LogP contribution in [-0.4, -0.2) is 15.0 Å². The van der Waals surface area contributed by atoms with E-state index in [4.69, 9.17) is 16.7 Å². The van der Waals surface area contributed by atoms with Gasteiger partial charge in [-0.25, -0.2) is 0 Å². The molecule has 0 radical (unpaired) electrons. The minimum atomic E-state index is -0.623. The van der Waals surface area contributed by atoms with E-state index in [-0.39, 0.29) is 0 Å². The third-order valence-corrected chi connectivity index (χ3v) is 2.18. The second kappa shape index (κ2) is 2.33. The summed E-state index contributed by atoms with van der Waals surface area (Å²) >= 11 is 8.49. The molecule has 0 aliphatic rings. The molecule has 1 unspecified atom stereocenters. The minimum Gasteiger partial charge on any atom is -0.380 e. The van der Waals surface area contributed by atoms with Crippen molar-refractivity contribution in [1.82, 2.24) is 0 Å². The fraction of sp³-hybridized carbons (Fsp3) is 1.00. The molecule has 0 fully saturated rings. The van der Waals surface area contributed by atoms with Gasteiger partial charge in [0.1, 0.15) is 5.01 Å². The second-order valence-corrected chi connectivity index (χ2v) is 3.74. The Morgan fingerprint density at radius 1 is 1.71 bits per heavy atom. The maximum atomic E-state index is 8.67. The molecular weight excluding hydrogens is 179 g/mol. The normalized spacial score (nSPS) is 16.7. The molecule has 0 heterocycles. The van der Waals surface area contributed by atoms with E-state index in [0.29, 0.717) is 0 Å². The van der Waals surface area contributed by atoms with Gasteiger partial charge in [-0.05, 0) is 13.8 Å². The zero-order chi connectivity index (χ0) is 6.08. The standard InChI is InChI=1S/C4H8BrClO/c1-4(2,6)3(5)7/h3,7H,1-2H3. The van der Waals surface area contributed by atoms with Gasteiger partial charge in [0.05, 0.1) is 4.87 Å². The van der Waals surface area contributed by atoms with Crippen molar-refractivity contribution in [3.63, 3.8) is 0 Å². The Hall–Kier alpha value is 0.730. The molecule has 0 amide bonds. The molecule has 7 heavy (non-hydrogen) atoms. The number of hydrogen-bond acceptors (Lipinski definition) is 1. The molecular formula is C4H8BrClO. The van der Waals surface area contributed by atoms with E-state index >= 15 is 0 Å². The van der Waals surface area contributed by atoms with Gasteiger partial charge in [-0.15, -0.1) is 11.6 Å². The van der Waals surface area contributed by atoms with Gasteiger partial charge in [0.15, 0.2) is 0 Å². The van der Waals surface area contributed by atoms with E-state index < -0.39 is 9.89 Å². The van der Waals surface area contributed by atoms with Crippen LogP contribution in [-0.2, 0) is 0 Å². The van der Waals surface area contributed by atoms with Crippen molar-refractivity contribution in [2.45, 2.75) is 23.7 Å². The third-order valence-electron chi connectivity index (χ3n) is 0.566. The lowest BCUT2D eigenvalue weighted by atomic mass is 10.2. The van der Waals surface area contributed by atoms with E-state index in [9.17, 15) is 0 Å². The Balaban J connectivity index is 3.54. The Bertz CT molecular complexity index is 57.2. The fourth-order valence-corrected chi connectivity index (χ4v) is 0. The van der Waals surface area contributed by atoms with Gasteiger partial charge in [-0.2, -0.15) is 0 Å². The van der Waals surface area contributed by atoms with Crippen molar-refractivity contribution in [3.8, 4) is 0 Å².